The largest absolute Gasteiger partial charge is 0.341 e. The number of halogens is 2. The van der Waals surface area contributed by atoms with Crippen LogP contribution in [0.2, 0.25) is 0 Å². The van der Waals surface area contributed by atoms with Crippen LogP contribution < -0.4 is 0 Å². The van der Waals surface area contributed by atoms with Gasteiger partial charge in [0, 0.05) is 22.5 Å². The Morgan fingerprint density at radius 2 is 2.19 bits per heavy atom. The van der Waals surface area contributed by atoms with Gasteiger partial charge in [-0.25, -0.2) is 0 Å². The number of hydrogen-bond acceptors (Lipinski definition) is 2. The summed E-state index contributed by atoms with van der Waals surface area (Å²) in [6, 6.07) is 7.45. The van der Waals surface area contributed by atoms with Crippen molar-refractivity contribution in [3.05, 3.63) is 32.7 Å². The molecule has 0 aliphatic rings. The summed E-state index contributed by atoms with van der Waals surface area (Å²) in [4.78, 5) is 13.5. The van der Waals surface area contributed by atoms with Crippen LogP contribution in [-0.2, 0) is 0 Å². The Balaban J connectivity index is 2.88. The summed E-state index contributed by atoms with van der Waals surface area (Å²) in [7, 11) is 1.69. The van der Waals surface area contributed by atoms with Crippen LogP contribution in [-0.4, -0.2) is 24.4 Å². The summed E-state index contributed by atoms with van der Waals surface area (Å²) < 4.78 is 1.61. The molecular formula is C11H10Br2N2O. The molecule has 0 aliphatic carbocycles. The van der Waals surface area contributed by atoms with E-state index in [-0.39, 0.29) is 5.91 Å². The molecule has 0 atom stereocenters. The van der Waals surface area contributed by atoms with Crippen LogP contribution in [0.3, 0.4) is 0 Å². The number of amides is 1. The lowest BCUT2D eigenvalue weighted by Gasteiger charge is -2.16. The smallest absolute Gasteiger partial charge is 0.254 e. The van der Waals surface area contributed by atoms with Crippen LogP contribution in [0, 0.1) is 11.3 Å². The van der Waals surface area contributed by atoms with Crippen molar-refractivity contribution in [3.63, 3.8) is 0 Å². The summed E-state index contributed by atoms with van der Waals surface area (Å²) in [5, 5.41) is 8.46. The summed E-state index contributed by atoms with van der Waals surface area (Å²) in [5.41, 5.74) is 0.592. The Morgan fingerprint density at radius 1 is 1.50 bits per heavy atom. The van der Waals surface area contributed by atoms with Crippen molar-refractivity contribution >= 4 is 37.8 Å². The molecule has 0 radical (unpaired) electrons. The zero-order chi connectivity index (χ0) is 12.1. The first-order valence-corrected chi connectivity index (χ1v) is 6.22. The molecule has 0 heterocycles. The van der Waals surface area contributed by atoms with Crippen molar-refractivity contribution in [2.75, 3.05) is 13.6 Å². The quantitative estimate of drug-likeness (QED) is 0.844. The molecule has 0 bridgehead atoms. The maximum absolute atomic E-state index is 12.0. The highest BCUT2D eigenvalue weighted by atomic mass is 79.9. The van der Waals surface area contributed by atoms with Gasteiger partial charge in [-0.2, -0.15) is 5.26 Å². The molecule has 0 saturated carbocycles. The maximum Gasteiger partial charge on any atom is 0.254 e. The van der Waals surface area contributed by atoms with Gasteiger partial charge in [-0.3, -0.25) is 4.79 Å². The van der Waals surface area contributed by atoms with Crippen LogP contribution in [0.15, 0.2) is 27.1 Å². The van der Waals surface area contributed by atoms with Crippen molar-refractivity contribution < 1.29 is 4.79 Å². The van der Waals surface area contributed by atoms with Gasteiger partial charge in [-0.05, 0) is 34.1 Å². The van der Waals surface area contributed by atoms with Crippen LogP contribution in [0.4, 0.5) is 0 Å². The molecule has 0 unspecified atom stereocenters. The summed E-state index contributed by atoms with van der Waals surface area (Å²) in [6.07, 6.45) is 0.341. The lowest BCUT2D eigenvalue weighted by atomic mass is 10.2. The summed E-state index contributed by atoms with van der Waals surface area (Å²) in [5.74, 6) is -0.0941. The van der Waals surface area contributed by atoms with E-state index in [0.29, 0.717) is 18.5 Å². The topological polar surface area (TPSA) is 44.1 Å². The van der Waals surface area contributed by atoms with Crippen molar-refractivity contribution in [2.45, 2.75) is 6.42 Å². The third-order valence-corrected chi connectivity index (χ3v) is 3.25. The SMILES string of the molecule is CN(CCC#N)C(=O)c1cc(Br)ccc1Br. The van der Waals surface area contributed by atoms with Gasteiger partial charge >= 0.3 is 0 Å². The van der Waals surface area contributed by atoms with Gasteiger partial charge in [0.15, 0.2) is 0 Å². The molecule has 16 heavy (non-hydrogen) atoms. The van der Waals surface area contributed by atoms with Crippen LogP contribution in [0.5, 0.6) is 0 Å². The number of benzene rings is 1. The molecule has 84 valence electrons. The zero-order valence-corrected chi connectivity index (χ0v) is 11.9. The first-order chi connectivity index (χ1) is 7.56. The molecule has 3 nitrogen and oxygen atoms in total. The molecule has 1 aromatic rings. The third kappa shape index (κ3) is 3.32. The molecule has 0 saturated heterocycles. The van der Waals surface area contributed by atoms with E-state index in [1.807, 2.05) is 18.2 Å². The molecule has 0 aliphatic heterocycles. The van der Waals surface area contributed by atoms with E-state index < -0.39 is 0 Å². The number of nitriles is 1. The van der Waals surface area contributed by atoms with Crippen LogP contribution in [0.25, 0.3) is 0 Å². The lowest BCUT2D eigenvalue weighted by Crippen LogP contribution is -2.27. The van der Waals surface area contributed by atoms with Crippen molar-refractivity contribution in [1.82, 2.24) is 4.90 Å². The highest BCUT2D eigenvalue weighted by Gasteiger charge is 2.14. The third-order valence-electron chi connectivity index (χ3n) is 2.06. The molecule has 0 N–H and O–H groups in total. The molecule has 0 aromatic heterocycles. The minimum Gasteiger partial charge on any atom is -0.341 e. The highest BCUT2D eigenvalue weighted by molar-refractivity contribution is 9.11. The molecule has 1 aromatic carbocycles. The number of nitrogens with zero attached hydrogens (tertiary/aromatic N) is 2. The normalized spacial score (nSPS) is 9.62. The van der Waals surface area contributed by atoms with Gasteiger partial charge in [0.1, 0.15) is 0 Å². The second-order valence-corrected chi connectivity index (χ2v) is 5.03. The lowest BCUT2D eigenvalue weighted by molar-refractivity contribution is 0.0797. The molecule has 0 spiro atoms. The monoisotopic (exact) mass is 344 g/mol. The average molecular weight is 346 g/mol. The van der Waals surface area contributed by atoms with E-state index in [2.05, 4.69) is 31.9 Å². The molecule has 1 amide bonds. The first-order valence-electron chi connectivity index (χ1n) is 4.63. The molecule has 1 rings (SSSR count). The predicted molar refractivity (Wildman–Crippen MR) is 69.0 cm³/mol. The Morgan fingerprint density at radius 3 is 2.81 bits per heavy atom. The fourth-order valence-electron chi connectivity index (χ4n) is 1.19. The Labute approximate surface area is 111 Å². The van der Waals surface area contributed by atoms with Gasteiger partial charge in [-0.15, -0.1) is 0 Å². The minimum atomic E-state index is -0.0941. The average Bonchev–Trinajstić information content (AvgIpc) is 2.28. The number of hydrogen-bond donors (Lipinski definition) is 0. The number of carbonyl (C=O) groups excluding carboxylic acids is 1. The minimum absolute atomic E-state index is 0.0941. The highest BCUT2D eigenvalue weighted by Crippen LogP contribution is 2.22. The van der Waals surface area contributed by atoms with Gasteiger partial charge in [0.25, 0.3) is 5.91 Å². The van der Waals surface area contributed by atoms with Crippen LogP contribution in [0.1, 0.15) is 16.8 Å². The fraction of sp³-hybridized carbons (Fsp3) is 0.273. The van der Waals surface area contributed by atoms with E-state index in [9.17, 15) is 4.79 Å². The molecule has 5 heteroatoms. The Bertz CT molecular complexity index is 440. The van der Waals surface area contributed by atoms with Crippen LogP contribution >= 0.6 is 31.9 Å². The Hall–Kier alpha value is -0.860. The van der Waals surface area contributed by atoms with Gasteiger partial charge in [0.2, 0.25) is 0 Å². The first kappa shape index (κ1) is 13.2. The van der Waals surface area contributed by atoms with Crippen molar-refractivity contribution in [1.29, 1.82) is 5.26 Å². The summed E-state index contributed by atoms with van der Waals surface area (Å²) in [6.45, 7) is 0.439. The van der Waals surface area contributed by atoms with E-state index in [0.717, 1.165) is 8.95 Å². The maximum atomic E-state index is 12.0. The number of carbonyl (C=O) groups is 1. The van der Waals surface area contributed by atoms with E-state index in [1.54, 1.807) is 13.1 Å². The fourth-order valence-corrected chi connectivity index (χ4v) is 1.96. The molecular weight excluding hydrogens is 336 g/mol. The van der Waals surface area contributed by atoms with Crippen molar-refractivity contribution in [2.24, 2.45) is 0 Å². The standard InChI is InChI=1S/C11H10Br2N2O/c1-15(6-2-5-14)11(16)9-7-8(12)3-4-10(9)13/h3-4,7H,2,6H2,1H3. The van der Waals surface area contributed by atoms with Gasteiger partial charge in [-0.1, -0.05) is 15.9 Å². The van der Waals surface area contributed by atoms with E-state index in [1.165, 1.54) is 4.90 Å². The van der Waals surface area contributed by atoms with Crippen molar-refractivity contribution in [3.8, 4) is 6.07 Å². The molecule has 0 fully saturated rings. The summed E-state index contributed by atoms with van der Waals surface area (Å²) >= 11 is 6.66. The second-order valence-electron chi connectivity index (χ2n) is 3.26. The van der Waals surface area contributed by atoms with Gasteiger partial charge < -0.3 is 4.90 Å². The zero-order valence-electron chi connectivity index (χ0n) is 8.70. The number of rotatable bonds is 3. The Kier molecular flexibility index (Phi) is 4.97. The predicted octanol–water partition coefficient (Wildman–Crippen LogP) is 3.20. The van der Waals surface area contributed by atoms with E-state index in [4.69, 9.17) is 5.26 Å². The second kappa shape index (κ2) is 6.02. The van der Waals surface area contributed by atoms with E-state index >= 15 is 0 Å². The van der Waals surface area contributed by atoms with Gasteiger partial charge in [0.05, 0.1) is 18.1 Å².